The Bertz CT molecular complexity index is 1560. The monoisotopic (exact) mass is 523 g/mol. The second-order valence-corrected chi connectivity index (χ2v) is 11.1. The van der Waals surface area contributed by atoms with E-state index >= 15 is 13.2 Å². The second kappa shape index (κ2) is 8.31. The highest BCUT2D eigenvalue weighted by atomic mass is 19.4. The van der Waals surface area contributed by atoms with Crippen LogP contribution in [-0.4, -0.2) is 27.6 Å². The number of Topliss-reactive ketones (excluding diaryl/α,β-unsaturated/α-hetero) is 1. The molecule has 0 spiro atoms. The van der Waals surface area contributed by atoms with Crippen LogP contribution in [0.3, 0.4) is 0 Å². The number of anilines is 1. The molecule has 1 amide bonds. The van der Waals surface area contributed by atoms with Gasteiger partial charge in [-0.25, -0.2) is 4.68 Å². The molecule has 0 fully saturated rings. The Kier molecular flexibility index (Phi) is 5.63. The maximum Gasteiger partial charge on any atom is 0.411 e. The number of carbonyl (C=O) groups excluding carboxylic acids is 2. The van der Waals surface area contributed by atoms with Crippen LogP contribution >= 0.6 is 0 Å². The minimum absolute atomic E-state index is 0.00211. The predicted octanol–water partition coefficient (Wildman–Crippen LogP) is 5.58. The summed E-state index contributed by atoms with van der Waals surface area (Å²) in [7, 11) is 0. The van der Waals surface area contributed by atoms with Crippen LogP contribution in [0.25, 0.3) is 5.69 Å². The van der Waals surface area contributed by atoms with Crippen molar-refractivity contribution in [3.63, 3.8) is 0 Å². The summed E-state index contributed by atoms with van der Waals surface area (Å²) in [6, 6.07) is 13.2. The van der Waals surface area contributed by atoms with E-state index in [0.717, 1.165) is 20.7 Å². The molecule has 9 heteroatoms. The molecule has 0 radical (unpaired) electrons. The number of halogens is 3. The van der Waals surface area contributed by atoms with E-state index in [1.165, 1.54) is 19.1 Å². The number of amides is 1. The first-order valence-corrected chi connectivity index (χ1v) is 12.3. The van der Waals surface area contributed by atoms with Gasteiger partial charge in [0.15, 0.2) is 5.78 Å². The van der Waals surface area contributed by atoms with Crippen molar-refractivity contribution in [2.24, 2.45) is 5.41 Å². The number of nitrogens with one attached hydrogen (secondary N) is 1. The van der Waals surface area contributed by atoms with Crippen molar-refractivity contribution in [1.29, 1.82) is 0 Å². The summed E-state index contributed by atoms with van der Waals surface area (Å²) in [6.45, 7) is 8.52. The van der Waals surface area contributed by atoms with Crippen molar-refractivity contribution in [3.8, 4) is 5.69 Å². The molecule has 2 aromatic carbocycles. The smallest absolute Gasteiger partial charge is 0.295 e. The van der Waals surface area contributed by atoms with Gasteiger partial charge < -0.3 is 0 Å². The van der Waals surface area contributed by atoms with Gasteiger partial charge in [-0.2, -0.15) is 13.2 Å². The maximum atomic E-state index is 15.5. The largest absolute Gasteiger partial charge is 0.411 e. The molecule has 2 aliphatic rings. The number of rotatable bonds is 3. The van der Waals surface area contributed by atoms with E-state index < -0.39 is 45.4 Å². The predicted molar refractivity (Wildman–Crippen MR) is 137 cm³/mol. The number of alkyl halides is 3. The number of benzene rings is 2. The fourth-order valence-corrected chi connectivity index (χ4v) is 6.04. The Balaban J connectivity index is 1.87. The van der Waals surface area contributed by atoms with Gasteiger partial charge in [-0.05, 0) is 68.0 Å². The van der Waals surface area contributed by atoms with Crippen molar-refractivity contribution in [2.45, 2.75) is 59.1 Å². The van der Waals surface area contributed by atoms with E-state index in [-0.39, 0.29) is 29.9 Å². The average Bonchev–Trinajstić information content (AvgIpc) is 3.23. The number of H-pyrrole nitrogens is 1. The third kappa shape index (κ3) is 3.59. The summed E-state index contributed by atoms with van der Waals surface area (Å²) < 4.78 is 47.5. The van der Waals surface area contributed by atoms with Gasteiger partial charge in [0.25, 0.3) is 11.5 Å². The van der Waals surface area contributed by atoms with Crippen LogP contribution in [0.2, 0.25) is 0 Å². The molecule has 5 rings (SSSR count). The lowest BCUT2D eigenvalue weighted by molar-refractivity contribution is -0.184. The molecule has 1 aromatic heterocycles. The van der Waals surface area contributed by atoms with Crippen molar-refractivity contribution >= 4 is 17.4 Å². The standard InChI is InChI=1S/C29H28F3N3O3/c1-16-11-17(2)13-20(12-16)35-25(37)23(18(3)33-35)28(29(30,31)32)24-21(14-27(4,5)15-22(24)36)34(26(28)38)19-9-7-6-8-10-19/h6-13,33H,14-15H2,1-5H3. The van der Waals surface area contributed by atoms with Gasteiger partial charge in [-0.15, -0.1) is 0 Å². The van der Waals surface area contributed by atoms with E-state index in [9.17, 15) is 14.4 Å². The van der Waals surface area contributed by atoms with Crippen LogP contribution in [-0.2, 0) is 15.0 Å². The molecule has 38 heavy (non-hydrogen) atoms. The fraction of sp³-hybridized carbons (Fsp3) is 0.345. The lowest BCUT2D eigenvalue weighted by Gasteiger charge is -2.35. The van der Waals surface area contributed by atoms with Crippen LogP contribution in [0, 0.1) is 26.2 Å². The third-order valence-electron chi connectivity index (χ3n) is 7.37. The summed E-state index contributed by atoms with van der Waals surface area (Å²) >= 11 is 0. The number of aromatic nitrogens is 2. The van der Waals surface area contributed by atoms with Gasteiger partial charge in [0, 0.05) is 29.1 Å². The molecule has 0 saturated heterocycles. The number of para-hydroxylation sites is 1. The summed E-state index contributed by atoms with van der Waals surface area (Å²) in [5.41, 5.74) is -4.49. The molecule has 1 unspecified atom stereocenters. The zero-order valence-electron chi connectivity index (χ0n) is 21.8. The highest BCUT2D eigenvalue weighted by molar-refractivity contribution is 6.20. The molecule has 2 heterocycles. The van der Waals surface area contributed by atoms with Crippen molar-refractivity contribution in [1.82, 2.24) is 9.78 Å². The number of hydrogen-bond acceptors (Lipinski definition) is 3. The van der Waals surface area contributed by atoms with E-state index in [2.05, 4.69) is 5.10 Å². The number of nitrogens with zero attached hydrogens (tertiary/aromatic N) is 2. The summed E-state index contributed by atoms with van der Waals surface area (Å²) in [4.78, 5) is 42.7. The van der Waals surface area contributed by atoms with Crippen LogP contribution in [0.5, 0.6) is 0 Å². The molecule has 1 N–H and O–H groups in total. The molecular formula is C29H28F3N3O3. The SMILES string of the molecule is Cc1cc(C)cc(-n2[nH]c(C)c(C3(C(F)(F)F)C(=O)N(c4ccccc4)C4=C3C(=O)CC(C)(C)C4)c2=O)c1. The molecule has 198 valence electrons. The highest BCUT2D eigenvalue weighted by Crippen LogP contribution is 2.58. The Morgan fingerprint density at radius 2 is 1.47 bits per heavy atom. The van der Waals surface area contributed by atoms with Crippen molar-refractivity contribution < 1.29 is 22.8 Å². The highest BCUT2D eigenvalue weighted by Gasteiger charge is 2.73. The van der Waals surface area contributed by atoms with Crippen molar-refractivity contribution in [2.75, 3.05) is 4.90 Å². The summed E-state index contributed by atoms with van der Waals surface area (Å²) in [6.07, 6.45) is -5.37. The number of ketones is 1. The average molecular weight is 524 g/mol. The van der Waals surface area contributed by atoms with Gasteiger partial charge >= 0.3 is 6.18 Å². The zero-order valence-corrected chi connectivity index (χ0v) is 21.8. The van der Waals surface area contributed by atoms with Crippen LogP contribution in [0.15, 0.2) is 64.6 Å². The maximum absolute atomic E-state index is 15.5. The molecular weight excluding hydrogens is 495 g/mol. The third-order valence-corrected chi connectivity index (χ3v) is 7.37. The van der Waals surface area contributed by atoms with Crippen molar-refractivity contribution in [3.05, 3.63) is 92.5 Å². The fourth-order valence-electron chi connectivity index (χ4n) is 6.04. The van der Waals surface area contributed by atoms with Crippen LogP contribution in [0.4, 0.5) is 18.9 Å². The van der Waals surface area contributed by atoms with E-state index in [1.807, 2.05) is 19.9 Å². The molecule has 3 aromatic rings. The normalized spacial score (nSPS) is 21.3. The van der Waals surface area contributed by atoms with E-state index in [1.54, 1.807) is 44.2 Å². The molecule has 0 bridgehead atoms. The second-order valence-electron chi connectivity index (χ2n) is 11.1. The van der Waals surface area contributed by atoms with Crippen LogP contribution in [0.1, 0.15) is 49.1 Å². The summed E-state index contributed by atoms with van der Waals surface area (Å²) in [5, 5.41) is 2.76. The quantitative estimate of drug-likeness (QED) is 0.487. The van der Waals surface area contributed by atoms with E-state index in [4.69, 9.17) is 0 Å². The number of hydrogen-bond donors (Lipinski definition) is 1. The van der Waals surface area contributed by atoms with E-state index in [0.29, 0.717) is 5.69 Å². The lowest BCUT2D eigenvalue weighted by atomic mass is 9.66. The number of allylic oxidation sites excluding steroid dienone is 1. The zero-order chi connectivity index (χ0) is 27.8. The van der Waals surface area contributed by atoms with Gasteiger partial charge in [0.05, 0.1) is 11.3 Å². The molecule has 1 aliphatic heterocycles. The molecule has 6 nitrogen and oxygen atoms in total. The first-order chi connectivity index (χ1) is 17.7. The number of aromatic amines is 1. The Hall–Kier alpha value is -3.88. The first kappa shape index (κ1) is 25.8. The Morgan fingerprint density at radius 1 is 0.868 bits per heavy atom. The molecule has 0 saturated carbocycles. The Labute approximate surface area is 217 Å². The topological polar surface area (TPSA) is 75.2 Å². The van der Waals surface area contributed by atoms with Crippen LogP contribution < -0.4 is 10.5 Å². The van der Waals surface area contributed by atoms with Gasteiger partial charge in [-0.1, -0.05) is 38.1 Å². The lowest BCUT2D eigenvalue weighted by Crippen LogP contribution is -2.55. The minimum atomic E-state index is -5.27. The van der Waals surface area contributed by atoms with Gasteiger partial charge in [0.2, 0.25) is 5.41 Å². The van der Waals surface area contributed by atoms with Gasteiger partial charge in [0.1, 0.15) is 0 Å². The molecule has 1 aliphatic carbocycles. The van der Waals surface area contributed by atoms with Gasteiger partial charge in [-0.3, -0.25) is 24.4 Å². The number of aryl methyl sites for hydroxylation is 3. The minimum Gasteiger partial charge on any atom is -0.295 e. The first-order valence-electron chi connectivity index (χ1n) is 12.3. The number of carbonyl (C=O) groups is 2. The molecule has 1 atom stereocenters. The Morgan fingerprint density at radius 3 is 2.05 bits per heavy atom. The summed E-state index contributed by atoms with van der Waals surface area (Å²) in [5.74, 6) is -2.14.